The molecule has 0 bridgehead atoms. The summed E-state index contributed by atoms with van der Waals surface area (Å²) in [5.74, 6) is 7.46. The lowest BCUT2D eigenvalue weighted by molar-refractivity contribution is 0.457. The topological polar surface area (TPSA) is 73.1 Å². The molecule has 0 amide bonds. The molecule has 7 heteroatoms. The minimum atomic E-state index is 0.145. The number of nitrogens with zero attached hydrogens (tertiary/aromatic N) is 2. The lowest BCUT2D eigenvalue weighted by Gasteiger charge is -2.11. The van der Waals surface area contributed by atoms with Gasteiger partial charge in [-0.1, -0.05) is 37.0 Å². The van der Waals surface area contributed by atoms with Crippen molar-refractivity contribution in [3.8, 4) is 11.6 Å². The van der Waals surface area contributed by atoms with E-state index in [1.807, 2.05) is 13.8 Å². The summed E-state index contributed by atoms with van der Waals surface area (Å²) in [7, 11) is 0. The van der Waals surface area contributed by atoms with Crippen molar-refractivity contribution in [3.63, 3.8) is 0 Å². The van der Waals surface area contributed by atoms with Gasteiger partial charge in [0.15, 0.2) is 0 Å². The summed E-state index contributed by atoms with van der Waals surface area (Å²) in [5, 5.41) is 0.946. The first-order valence-electron chi connectivity index (χ1n) is 5.98. The fraction of sp³-hybridized carbons (Fsp3) is 0.231. The summed E-state index contributed by atoms with van der Waals surface area (Å²) in [6, 6.07) is 6.56. The van der Waals surface area contributed by atoms with E-state index >= 15 is 0 Å². The molecular weight excluding hydrogens is 299 g/mol. The highest BCUT2D eigenvalue weighted by Crippen LogP contribution is 2.31. The van der Waals surface area contributed by atoms with Gasteiger partial charge in [0.25, 0.3) is 0 Å². The van der Waals surface area contributed by atoms with E-state index in [9.17, 15) is 0 Å². The number of benzene rings is 1. The predicted molar refractivity (Wildman–Crippen MR) is 80.5 cm³/mol. The molecule has 20 heavy (non-hydrogen) atoms. The number of aromatic nitrogens is 2. The Morgan fingerprint density at radius 1 is 1.20 bits per heavy atom. The van der Waals surface area contributed by atoms with Gasteiger partial charge in [-0.3, -0.25) is 0 Å². The zero-order chi connectivity index (χ0) is 14.7. The predicted octanol–water partition coefficient (Wildman–Crippen LogP) is 3.98. The van der Waals surface area contributed by atoms with Gasteiger partial charge in [0.05, 0.1) is 5.02 Å². The van der Waals surface area contributed by atoms with Crippen LogP contribution in [0.3, 0.4) is 0 Å². The van der Waals surface area contributed by atoms with Crippen LogP contribution in [0.15, 0.2) is 24.3 Å². The maximum Gasteiger partial charge on any atom is 0.224 e. The van der Waals surface area contributed by atoms with Gasteiger partial charge in [0, 0.05) is 17.0 Å². The van der Waals surface area contributed by atoms with E-state index in [2.05, 4.69) is 15.4 Å². The molecule has 3 N–H and O–H groups in total. The number of nitrogens with one attached hydrogen (secondary N) is 1. The SMILES string of the molecule is CC(C)c1nc(NN)cc(Oc2ccc(Cl)cc2Cl)n1. The second-order valence-corrected chi connectivity index (χ2v) is 5.27. The summed E-state index contributed by atoms with van der Waals surface area (Å²) in [6.45, 7) is 3.96. The Labute approximate surface area is 127 Å². The van der Waals surface area contributed by atoms with Crippen LogP contribution in [0.5, 0.6) is 11.6 Å². The Morgan fingerprint density at radius 3 is 2.55 bits per heavy atom. The number of halogens is 2. The van der Waals surface area contributed by atoms with Crippen molar-refractivity contribution >= 4 is 29.0 Å². The lowest BCUT2D eigenvalue weighted by Crippen LogP contribution is -2.11. The third-order valence-electron chi connectivity index (χ3n) is 2.49. The number of nitrogen functional groups attached to an aromatic ring is 1. The zero-order valence-electron chi connectivity index (χ0n) is 11.0. The highest BCUT2D eigenvalue weighted by Gasteiger charge is 2.11. The Hall–Kier alpha value is -1.56. The van der Waals surface area contributed by atoms with Crippen LogP contribution in [-0.4, -0.2) is 9.97 Å². The van der Waals surface area contributed by atoms with Gasteiger partial charge in [-0.2, -0.15) is 4.98 Å². The Balaban J connectivity index is 2.34. The molecular formula is C13H14Cl2N4O. The van der Waals surface area contributed by atoms with Gasteiger partial charge in [-0.25, -0.2) is 10.8 Å². The van der Waals surface area contributed by atoms with E-state index in [0.29, 0.717) is 33.3 Å². The molecule has 5 nitrogen and oxygen atoms in total. The second-order valence-electron chi connectivity index (χ2n) is 4.43. The van der Waals surface area contributed by atoms with E-state index in [-0.39, 0.29) is 5.92 Å². The molecule has 0 aliphatic carbocycles. The summed E-state index contributed by atoms with van der Waals surface area (Å²) in [4.78, 5) is 8.57. The summed E-state index contributed by atoms with van der Waals surface area (Å²) in [5.41, 5.74) is 2.49. The maximum atomic E-state index is 6.06. The monoisotopic (exact) mass is 312 g/mol. The quantitative estimate of drug-likeness (QED) is 0.659. The minimum absolute atomic E-state index is 0.145. The molecule has 2 aromatic rings. The van der Waals surface area contributed by atoms with Crippen molar-refractivity contribution in [2.24, 2.45) is 5.84 Å². The largest absolute Gasteiger partial charge is 0.437 e. The van der Waals surface area contributed by atoms with Crippen LogP contribution in [0.4, 0.5) is 5.82 Å². The van der Waals surface area contributed by atoms with Crippen molar-refractivity contribution in [1.29, 1.82) is 0 Å². The fourth-order valence-electron chi connectivity index (χ4n) is 1.50. The van der Waals surface area contributed by atoms with Crippen molar-refractivity contribution < 1.29 is 4.74 Å². The molecule has 1 heterocycles. The number of rotatable bonds is 4. The van der Waals surface area contributed by atoms with Crippen LogP contribution in [-0.2, 0) is 0 Å². The number of hydrogen-bond acceptors (Lipinski definition) is 5. The molecule has 0 spiro atoms. The molecule has 0 aliphatic rings. The van der Waals surface area contributed by atoms with Crippen LogP contribution in [0.1, 0.15) is 25.6 Å². The molecule has 1 aromatic carbocycles. The van der Waals surface area contributed by atoms with Gasteiger partial charge in [-0.15, -0.1) is 0 Å². The molecule has 0 aliphatic heterocycles. The van der Waals surface area contributed by atoms with E-state index in [4.69, 9.17) is 33.8 Å². The van der Waals surface area contributed by atoms with Crippen LogP contribution in [0, 0.1) is 0 Å². The number of hydrogen-bond donors (Lipinski definition) is 2. The van der Waals surface area contributed by atoms with Crippen LogP contribution in [0.2, 0.25) is 10.0 Å². The first-order chi connectivity index (χ1) is 9.49. The average molecular weight is 313 g/mol. The Morgan fingerprint density at radius 2 is 1.95 bits per heavy atom. The van der Waals surface area contributed by atoms with E-state index in [1.165, 1.54) is 0 Å². The lowest BCUT2D eigenvalue weighted by atomic mass is 10.2. The summed E-state index contributed by atoms with van der Waals surface area (Å²) in [6.07, 6.45) is 0. The van der Waals surface area contributed by atoms with E-state index < -0.39 is 0 Å². The standard InChI is InChI=1S/C13H14Cl2N4O/c1-7(2)13-17-11(19-16)6-12(18-13)20-10-4-3-8(14)5-9(10)15/h3-7H,16H2,1-2H3,(H,17,18,19). The number of nitrogens with two attached hydrogens (primary N) is 1. The molecule has 0 saturated heterocycles. The number of hydrazine groups is 1. The molecule has 0 fully saturated rings. The third kappa shape index (κ3) is 3.50. The van der Waals surface area contributed by atoms with Crippen LogP contribution < -0.4 is 16.0 Å². The normalized spacial score (nSPS) is 10.7. The van der Waals surface area contributed by atoms with Crippen molar-refractivity contribution in [2.45, 2.75) is 19.8 Å². The molecule has 0 unspecified atom stereocenters. The van der Waals surface area contributed by atoms with Gasteiger partial charge in [0.1, 0.15) is 17.4 Å². The van der Waals surface area contributed by atoms with Gasteiger partial charge in [0.2, 0.25) is 5.88 Å². The van der Waals surface area contributed by atoms with Crippen molar-refractivity contribution in [3.05, 3.63) is 40.1 Å². The minimum Gasteiger partial charge on any atom is -0.437 e. The van der Waals surface area contributed by atoms with Crippen molar-refractivity contribution in [1.82, 2.24) is 9.97 Å². The van der Waals surface area contributed by atoms with Crippen LogP contribution >= 0.6 is 23.2 Å². The maximum absolute atomic E-state index is 6.06. The van der Waals surface area contributed by atoms with Crippen molar-refractivity contribution in [2.75, 3.05) is 5.43 Å². The zero-order valence-corrected chi connectivity index (χ0v) is 12.5. The fourth-order valence-corrected chi connectivity index (χ4v) is 1.94. The van der Waals surface area contributed by atoms with Gasteiger partial charge >= 0.3 is 0 Å². The molecule has 0 saturated carbocycles. The first kappa shape index (κ1) is 14.8. The average Bonchev–Trinajstić information content (AvgIpc) is 2.41. The molecule has 106 valence electrons. The summed E-state index contributed by atoms with van der Waals surface area (Å²) >= 11 is 11.9. The smallest absolute Gasteiger partial charge is 0.224 e. The van der Waals surface area contributed by atoms with E-state index in [0.717, 1.165) is 0 Å². The molecule has 2 rings (SSSR count). The van der Waals surface area contributed by atoms with Crippen LogP contribution in [0.25, 0.3) is 0 Å². The second kappa shape index (κ2) is 6.26. The van der Waals surface area contributed by atoms with E-state index in [1.54, 1.807) is 24.3 Å². The van der Waals surface area contributed by atoms with Gasteiger partial charge in [-0.05, 0) is 18.2 Å². The molecule has 0 atom stereocenters. The number of anilines is 1. The Kier molecular flexibility index (Phi) is 4.65. The van der Waals surface area contributed by atoms with Gasteiger partial charge < -0.3 is 10.2 Å². The molecule has 1 aromatic heterocycles. The number of ether oxygens (including phenoxy) is 1. The third-order valence-corrected chi connectivity index (χ3v) is 3.02. The highest BCUT2D eigenvalue weighted by molar-refractivity contribution is 6.35. The molecule has 0 radical (unpaired) electrons. The summed E-state index contributed by atoms with van der Waals surface area (Å²) < 4.78 is 5.66. The first-order valence-corrected chi connectivity index (χ1v) is 6.73. The Bertz CT molecular complexity index is 619. The highest BCUT2D eigenvalue weighted by atomic mass is 35.5.